The summed E-state index contributed by atoms with van der Waals surface area (Å²) in [5.74, 6) is 0.823. The number of halogens is 3. The number of nitrogens with zero attached hydrogens (tertiary/aromatic N) is 4. The fourth-order valence-corrected chi connectivity index (χ4v) is 3.16. The van der Waals surface area contributed by atoms with Crippen molar-refractivity contribution in [2.24, 2.45) is 5.41 Å². The maximum Gasteiger partial charge on any atom is 0.416 e. The van der Waals surface area contributed by atoms with Crippen LogP contribution in [0.3, 0.4) is 0 Å². The summed E-state index contributed by atoms with van der Waals surface area (Å²) in [5.41, 5.74) is -0.317. The molecule has 29 heavy (non-hydrogen) atoms. The Morgan fingerprint density at radius 1 is 1.07 bits per heavy atom. The highest BCUT2D eigenvalue weighted by Gasteiger charge is 2.30. The Bertz CT molecular complexity index is 833. The first-order valence-electron chi connectivity index (χ1n) is 9.52. The minimum Gasteiger partial charge on any atom is -0.340 e. The molecule has 0 N–H and O–H groups in total. The molecule has 0 unspecified atom stereocenters. The van der Waals surface area contributed by atoms with Crippen molar-refractivity contribution < 1.29 is 22.5 Å². The van der Waals surface area contributed by atoms with E-state index in [1.165, 1.54) is 12.1 Å². The highest BCUT2D eigenvalue weighted by Crippen LogP contribution is 2.30. The molecule has 1 saturated heterocycles. The van der Waals surface area contributed by atoms with Crippen LogP contribution in [0.2, 0.25) is 0 Å². The summed E-state index contributed by atoms with van der Waals surface area (Å²) in [6, 6.07) is 4.62. The van der Waals surface area contributed by atoms with Crippen LogP contribution in [-0.4, -0.2) is 52.0 Å². The van der Waals surface area contributed by atoms with Crippen molar-refractivity contribution in [3.8, 4) is 11.5 Å². The van der Waals surface area contributed by atoms with Crippen molar-refractivity contribution >= 4 is 5.91 Å². The first-order valence-corrected chi connectivity index (χ1v) is 9.52. The number of benzene rings is 1. The molecular formula is C20H25F3N4O2. The molecule has 3 rings (SSSR count). The molecule has 9 heteroatoms. The zero-order valence-corrected chi connectivity index (χ0v) is 16.8. The molecule has 0 bridgehead atoms. The van der Waals surface area contributed by atoms with Crippen molar-refractivity contribution in [1.82, 2.24) is 19.9 Å². The van der Waals surface area contributed by atoms with Crippen molar-refractivity contribution in [3.63, 3.8) is 0 Å². The van der Waals surface area contributed by atoms with E-state index in [4.69, 9.17) is 4.52 Å². The van der Waals surface area contributed by atoms with Gasteiger partial charge in [0.15, 0.2) is 5.82 Å². The van der Waals surface area contributed by atoms with Crippen LogP contribution in [0.15, 0.2) is 28.8 Å². The lowest BCUT2D eigenvalue weighted by Crippen LogP contribution is -2.49. The zero-order valence-electron chi connectivity index (χ0n) is 16.8. The van der Waals surface area contributed by atoms with Gasteiger partial charge in [0.25, 0.3) is 5.89 Å². The molecule has 0 aliphatic carbocycles. The summed E-state index contributed by atoms with van der Waals surface area (Å²) in [6.45, 7) is 9.32. The molecule has 0 spiro atoms. The van der Waals surface area contributed by atoms with Gasteiger partial charge in [-0.15, -0.1) is 0 Å². The smallest absolute Gasteiger partial charge is 0.340 e. The van der Waals surface area contributed by atoms with E-state index < -0.39 is 11.7 Å². The first kappa shape index (κ1) is 21.3. The summed E-state index contributed by atoms with van der Waals surface area (Å²) in [5, 5.41) is 3.93. The van der Waals surface area contributed by atoms with E-state index in [-0.39, 0.29) is 17.2 Å². The third-order valence-corrected chi connectivity index (χ3v) is 4.70. The van der Waals surface area contributed by atoms with Crippen LogP contribution in [0, 0.1) is 5.41 Å². The fraction of sp³-hybridized carbons (Fsp3) is 0.550. The largest absolute Gasteiger partial charge is 0.416 e. The number of carbonyl (C=O) groups excluding carboxylic acids is 1. The molecule has 1 amide bonds. The van der Waals surface area contributed by atoms with Crippen molar-refractivity contribution in [2.75, 3.05) is 26.2 Å². The van der Waals surface area contributed by atoms with Crippen LogP contribution in [-0.2, 0) is 17.5 Å². The molecule has 0 saturated carbocycles. The molecule has 1 aliphatic heterocycles. The van der Waals surface area contributed by atoms with Crippen LogP contribution >= 0.6 is 0 Å². The van der Waals surface area contributed by atoms with Gasteiger partial charge in [-0.3, -0.25) is 9.69 Å². The maximum atomic E-state index is 12.7. The third kappa shape index (κ3) is 5.79. The number of piperazine rings is 1. The third-order valence-electron chi connectivity index (χ3n) is 4.70. The molecule has 2 aromatic rings. The van der Waals surface area contributed by atoms with E-state index in [2.05, 4.69) is 15.0 Å². The SMILES string of the molecule is CC(C)(C)CC(=O)N1CCN(Cc2noc(-c3ccc(C(F)(F)F)cc3)n2)CC1. The van der Waals surface area contributed by atoms with Gasteiger partial charge >= 0.3 is 6.18 Å². The standard InChI is InChI=1S/C20H25F3N4O2/c1-19(2,3)12-17(28)27-10-8-26(9-11-27)13-16-24-18(29-25-16)14-4-6-15(7-5-14)20(21,22)23/h4-7H,8-13H2,1-3H3. The van der Waals surface area contributed by atoms with Gasteiger partial charge in [-0.25, -0.2) is 0 Å². The lowest BCUT2D eigenvalue weighted by molar-refractivity contribution is -0.137. The van der Waals surface area contributed by atoms with Gasteiger partial charge in [-0.05, 0) is 29.7 Å². The van der Waals surface area contributed by atoms with Gasteiger partial charge in [0.05, 0.1) is 12.1 Å². The van der Waals surface area contributed by atoms with E-state index in [1.807, 2.05) is 25.7 Å². The van der Waals surface area contributed by atoms with Gasteiger partial charge in [0.1, 0.15) is 0 Å². The van der Waals surface area contributed by atoms with E-state index in [0.717, 1.165) is 12.1 Å². The first-order chi connectivity index (χ1) is 13.5. The van der Waals surface area contributed by atoms with Gasteiger partial charge < -0.3 is 9.42 Å². The number of rotatable bonds is 4. The van der Waals surface area contributed by atoms with Crippen LogP contribution in [0.4, 0.5) is 13.2 Å². The number of hydrogen-bond donors (Lipinski definition) is 0. The van der Waals surface area contributed by atoms with E-state index >= 15 is 0 Å². The molecule has 0 radical (unpaired) electrons. The Hall–Kier alpha value is -2.42. The minimum absolute atomic E-state index is 0.0342. The summed E-state index contributed by atoms with van der Waals surface area (Å²) < 4.78 is 43.2. The number of amides is 1. The lowest BCUT2D eigenvalue weighted by Gasteiger charge is -2.35. The predicted octanol–water partition coefficient (Wildman–Crippen LogP) is 3.84. The fourth-order valence-electron chi connectivity index (χ4n) is 3.16. The van der Waals surface area contributed by atoms with Crippen molar-refractivity contribution in [3.05, 3.63) is 35.7 Å². The minimum atomic E-state index is -4.38. The van der Waals surface area contributed by atoms with Gasteiger partial charge in [-0.2, -0.15) is 18.2 Å². The molecule has 1 fully saturated rings. The highest BCUT2D eigenvalue weighted by molar-refractivity contribution is 5.76. The molecule has 1 aromatic carbocycles. The van der Waals surface area contributed by atoms with Crippen LogP contribution < -0.4 is 0 Å². The number of hydrogen-bond acceptors (Lipinski definition) is 5. The van der Waals surface area contributed by atoms with Gasteiger partial charge in [0, 0.05) is 38.2 Å². The maximum absolute atomic E-state index is 12.7. The number of carbonyl (C=O) groups is 1. The van der Waals surface area contributed by atoms with Crippen LogP contribution in [0.1, 0.15) is 38.6 Å². The predicted molar refractivity (Wildman–Crippen MR) is 101 cm³/mol. The molecule has 6 nitrogen and oxygen atoms in total. The van der Waals surface area contributed by atoms with Crippen molar-refractivity contribution in [1.29, 1.82) is 0 Å². The topological polar surface area (TPSA) is 62.5 Å². The average molecular weight is 410 g/mol. The van der Waals surface area contributed by atoms with Gasteiger partial charge in [-0.1, -0.05) is 25.9 Å². The second kappa shape index (κ2) is 8.14. The molecule has 1 aromatic heterocycles. The molecular weight excluding hydrogens is 385 g/mol. The second-order valence-corrected chi connectivity index (χ2v) is 8.49. The Kier molecular flexibility index (Phi) is 5.97. The van der Waals surface area contributed by atoms with Crippen molar-refractivity contribution in [2.45, 2.75) is 39.9 Å². The summed E-state index contributed by atoms with van der Waals surface area (Å²) in [7, 11) is 0. The second-order valence-electron chi connectivity index (χ2n) is 8.49. The number of aromatic nitrogens is 2. The average Bonchev–Trinajstić information content (AvgIpc) is 3.09. The molecule has 2 heterocycles. The zero-order chi connectivity index (χ0) is 21.2. The van der Waals surface area contributed by atoms with Crippen LogP contribution in [0.5, 0.6) is 0 Å². The highest BCUT2D eigenvalue weighted by atomic mass is 19.4. The van der Waals surface area contributed by atoms with Gasteiger partial charge in [0.2, 0.25) is 5.91 Å². The van der Waals surface area contributed by atoms with E-state index in [0.29, 0.717) is 50.5 Å². The lowest BCUT2D eigenvalue weighted by atomic mass is 9.91. The summed E-state index contributed by atoms with van der Waals surface area (Å²) in [6.07, 6.45) is -3.86. The van der Waals surface area contributed by atoms with E-state index in [9.17, 15) is 18.0 Å². The monoisotopic (exact) mass is 410 g/mol. The Morgan fingerprint density at radius 3 is 2.24 bits per heavy atom. The Morgan fingerprint density at radius 2 is 1.69 bits per heavy atom. The summed E-state index contributed by atoms with van der Waals surface area (Å²) in [4.78, 5) is 20.6. The normalized spacial score (nSPS) is 16.3. The molecule has 158 valence electrons. The molecule has 1 aliphatic rings. The quantitative estimate of drug-likeness (QED) is 0.767. The summed E-state index contributed by atoms with van der Waals surface area (Å²) >= 11 is 0. The Balaban J connectivity index is 1.54. The number of alkyl halides is 3. The molecule has 0 atom stereocenters. The Labute approximate surface area is 167 Å². The van der Waals surface area contributed by atoms with Crippen LogP contribution in [0.25, 0.3) is 11.5 Å². The van der Waals surface area contributed by atoms with E-state index in [1.54, 1.807) is 0 Å².